The first-order chi connectivity index (χ1) is 8.16. The third-order valence-corrected chi connectivity index (χ3v) is 2.99. The van der Waals surface area contributed by atoms with Gasteiger partial charge in [-0.3, -0.25) is 4.79 Å². The molecule has 0 aliphatic carbocycles. The highest BCUT2D eigenvalue weighted by atomic mass is 79.9. The average Bonchev–Trinajstić information content (AvgIpc) is 2.95. The maximum Gasteiger partial charge on any atom is 0.374 e. The van der Waals surface area contributed by atoms with Crippen LogP contribution in [0, 0.1) is 0 Å². The van der Waals surface area contributed by atoms with Crippen LogP contribution in [-0.4, -0.2) is 36.5 Å². The zero-order valence-electron chi connectivity index (χ0n) is 9.15. The number of amides is 1. The SMILES string of the molecule is O=C(OCC(=O)N1CCCC1)c1ccc(Br)o1. The molecule has 1 amide bonds. The first kappa shape index (κ1) is 12.2. The number of esters is 1. The van der Waals surface area contributed by atoms with Gasteiger partial charge in [-0.05, 0) is 40.9 Å². The fourth-order valence-electron chi connectivity index (χ4n) is 1.68. The molecule has 0 unspecified atom stereocenters. The van der Waals surface area contributed by atoms with E-state index in [-0.39, 0.29) is 18.3 Å². The summed E-state index contributed by atoms with van der Waals surface area (Å²) in [7, 11) is 0. The van der Waals surface area contributed by atoms with Crippen molar-refractivity contribution in [1.82, 2.24) is 4.90 Å². The third kappa shape index (κ3) is 3.09. The van der Waals surface area contributed by atoms with Gasteiger partial charge in [-0.15, -0.1) is 0 Å². The summed E-state index contributed by atoms with van der Waals surface area (Å²) in [5.74, 6) is -0.684. The Morgan fingerprint density at radius 1 is 1.35 bits per heavy atom. The van der Waals surface area contributed by atoms with E-state index in [0.717, 1.165) is 25.9 Å². The van der Waals surface area contributed by atoms with Crippen LogP contribution >= 0.6 is 15.9 Å². The van der Waals surface area contributed by atoms with Crippen LogP contribution in [0.5, 0.6) is 0 Å². The van der Waals surface area contributed by atoms with Gasteiger partial charge in [-0.1, -0.05) is 0 Å². The Bertz CT molecular complexity index is 423. The number of hydrogen-bond donors (Lipinski definition) is 0. The van der Waals surface area contributed by atoms with E-state index >= 15 is 0 Å². The number of hydrogen-bond acceptors (Lipinski definition) is 4. The van der Waals surface area contributed by atoms with Crippen molar-refractivity contribution in [1.29, 1.82) is 0 Å². The highest BCUT2D eigenvalue weighted by Crippen LogP contribution is 2.15. The maximum absolute atomic E-state index is 11.6. The van der Waals surface area contributed by atoms with Crippen molar-refractivity contribution in [2.75, 3.05) is 19.7 Å². The number of carbonyl (C=O) groups excluding carboxylic acids is 2. The van der Waals surface area contributed by atoms with E-state index in [4.69, 9.17) is 9.15 Å². The number of ether oxygens (including phenoxy) is 1. The molecule has 92 valence electrons. The monoisotopic (exact) mass is 301 g/mol. The molecule has 17 heavy (non-hydrogen) atoms. The van der Waals surface area contributed by atoms with E-state index in [1.807, 2.05) is 0 Å². The van der Waals surface area contributed by atoms with Gasteiger partial charge in [0.25, 0.3) is 5.91 Å². The van der Waals surface area contributed by atoms with E-state index < -0.39 is 5.97 Å². The lowest BCUT2D eigenvalue weighted by atomic mass is 10.4. The molecule has 0 aromatic carbocycles. The third-order valence-electron chi connectivity index (χ3n) is 2.56. The van der Waals surface area contributed by atoms with Crippen molar-refractivity contribution < 1.29 is 18.7 Å². The van der Waals surface area contributed by atoms with Gasteiger partial charge in [-0.2, -0.15) is 0 Å². The standard InChI is InChI=1S/C11H12BrNO4/c12-9-4-3-8(17-9)11(15)16-7-10(14)13-5-1-2-6-13/h3-4H,1-2,5-7H2. The fraction of sp³-hybridized carbons (Fsp3) is 0.455. The predicted octanol–water partition coefficient (Wildman–Crippen LogP) is 1.82. The molecule has 2 heterocycles. The molecule has 1 aromatic heterocycles. The summed E-state index contributed by atoms with van der Waals surface area (Å²) in [6, 6.07) is 3.09. The Labute approximate surface area is 107 Å². The van der Waals surface area contributed by atoms with E-state index in [0.29, 0.717) is 4.67 Å². The number of halogens is 1. The molecule has 0 radical (unpaired) electrons. The Hall–Kier alpha value is -1.30. The Kier molecular flexibility index (Phi) is 3.83. The normalized spacial score (nSPS) is 15.0. The van der Waals surface area contributed by atoms with Gasteiger partial charge in [0.1, 0.15) is 0 Å². The summed E-state index contributed by atoms with van der Waals surface area (Å²) < 4.78 is 10.3. The van der Waals surface area contributed by atoms with E-state index in [2.05, 4.69) is 15.9 Å². The van der Waals surface area contributed by atoms with Crippen molar-refractivity contribution in [2.45, 2.75) is 12.8 Å². The lowest BCUT2D eigenvalue weighted by Gasteiger charge is -2.14. The molecule has 0 saturated carbocycles. The van der Waals surface area contributed by atoms with Crippen LogP contribution in [0.2, 0.25) is 0 Å². The van der Waals surface area contributed by atoms with Crippen LogP contribution in [0.1, 0.15) is 23.4 Å². The van der Waals surface area contributed by atoms with Gasteiger partial charge >= 0.3 is 5.97 Å². The summed E-state index contributed by atoms with van der Waals surface area (Å²) in [6.45, 7) is 1.28. The predicted molar refractivity (Wildman–Crippen MR) is 62.5 cm³/mol. The van der Waals surface area contributed by atoms with Gasteiger partial charge in [0.05, 0.1) is 0 Å². The fourth-order valence-corrected chi connectivity index (χ4v) is 1.99. The highest BCUT2D eigenvalue weighted by molar-refractivity contribution is 9.10. The van der Waals surface area contributed by atoms with E-state index in [1.165, 1.54) is 6.07 Å². The second-order valence-corrected chi connectivity index (χ2v) is 4.55. The summed E-state index contributed by atoms with van der Waals surface area (Å²) in [5, 5.41) is 0. The summed E-state index contributed by atoms with van der Waals surface area (Å²) >= 11 is 3.08. The second-order valence-electron chi connectivity index (χ2n) is 3.77. The van der Waals surface area contributed by atoms with Crippen molar-refractivity contribution in [2.24, 2.45) is 0 Å². The van der Waals surface area contributed by atoms with E-state index in [1.54, 1.807) is 11.0 Å². The lowest BCUT2D eigenvalue weighted by Crippen LogP contribution is -2.32. The van der Waals surface area contributed by atoms with Crippen LogP contribution in [0.15, 0.2) is 21.2 Å². The molecule has 0 spiro atoms. The number of carbonyl (C=O) groups is 2. The van der Waals surface area contributed by atoms with Gasteiger partial charge in [0.2, 0.25) is 5.76 Å². The van der Waals surface area contributed by atoms with Gasteiger partial charge in [0.15, 0.2) is 11.3 Å². The molecule has 1 fully saturated rings. The van der Waals surface area contributed by atoms with Crippen LogP contribution in [0.4, 0.5) is 0 Å². The highest BCUT2D eigenvalue weighted by Gasteiger charge is 2.20. The first-order valence-electron chi connectivity index (χ1n) is 5.37. The molecule has 1 aromatic rings. The van der Waals surface area contributed by atoms with Crippen molar-refractivity contribution in [3.63, 3.8) is 0 Å². The number of rotatable bonds is 3. The van der Waals surface area contributed by atoms with Crippen molar-refractivity contribution in [3.05, 3.63) is 22.6 Å². The van der Waals surface area contributed by atoms with Crippen LogP contribution in [0.25, 0.3) is 0 Å². The van der Waals surface area contributed by atoms with Gasteiger partial charge in [0, 0.05) is 13.1 Å². The van der Waals surface area contributed by atoms with Crippen LogP contribution in [-0.2, 0) is 9.53 Å². The van der Waals surface area contributed by atoms with Crippen LogP contribution in [0.3, 0.4) is 0 Å². The lowest BCUT2D eigenvalue weighted by molar-refractivity contribution is -0.133. The minimum atomic E-state index is -0.622. The molecule has 0 N–H and O–H groups in total. The number of likely N-dealkylation sites (tertiary alicyclic amines) is 1. The maximum atomic E-state index is 11.6. The number of nitrogens with zero attached hydrogens (tertiary/aromatic N) is 1. The zero-order valence-corrected chi connectivity index (χ0v) is 10.7. The molecule has 2 rings (SSSR count). The second kappa shape index (κ2) is 5.35. The molecule has 1 saturated heterocycles. The van der Waals surface area contributed by atoms with Crippen molar-refractivity contribution >= 4 is 27.8 Å². The molecular weight excluding hydrogens is 290 g/mol. The van der Waals surface area contributed by atoms with Gasteiger partial charge < -0.3 is 14.1 Å². The van der Waals surface area contributed by atoms with E-state index in [9.17, 15) is 9.59 Å². The summed E-state index contributed by atoms with van der Waals surface area (Å²) in [6.07, 6.45) is 2.04. The molecule has 5 nitrogen and oxygen atoms in total. The molecule has 0 atom stereocenters. The molecule has 0 bridgehead atoms. The molecule has 1 aliphatic rings. The minimum Gasteiger partial charge on any atom is -0.450 e. The Morgan fingerprint density at radius 3 is 2.65 bits per heavy atom. The minimum absolute atomic E-state index is 0.0890. The largest absolute Gasteiger partial charge is 0.450 e. The first-order valence-corrected chi connectivity index (χ1v) is 6.16. The molecule has 6 heteroatoms. The zero-order chi connectivity index (χ0) is 12.3. The van der Waals surface area contributed by atoms with Gasteiger partial charge in [-0.25, -0.2) is 4.79 Å². The molecular formula is C11H12BrNO4. The van der Waals surface area contributed by atoms with Crippen molar-refractivity contribution in [3.8, 4) is 0 Å². The number of furan rings is 1. The summed E-state index contributed by atoms with van der Waals surface area (Å²) in [4.78, 5) is 24.8. The van der Waals surface area contributed by atoms with Crippen LogP contribution < -0.4 is 0 Å². The quantitative estimate of drug-likeness (QED) is 0.799. The Balaban J connectivity index is 1.81. The smallest absolute Gasteiger partial charge is 0.374 e. The Morgan fingerprint density at radius 2 is 2.06 bits per heavy atom. The topological polar surface area (TPSA) is 59.8 Å². The average molecular weight is 302 g/mol. The molecule has 1 aliphatic heterocycles. The summed E-state index contributed by atoms with van der Waals surface area (Å²) in [5.41, 5.74) is 0.